The highest BCUT2D eigenvalue weighted by molar-refractivity contribution is 9.10. The number of fused-ring (bicyclic) bond motifs is 1. The van der Waals surface area contributed by atoms with Gasteiger partial charge in [-0.05, 0) is 34.1 Å². The Morgan fingerprint density at radius 3 is 2.86 bits per heavy atom. The smallest absolute Gasteiger partial charge is 0.284 e. The molecule has 0 spiro atoms. The van der Waals surface area contributed by atoms with Gasteiger partial charge in [-0.3, -0.25) is 4.31 Å². The Morgan fingerprint density at radius 2 is 2.19 bits per heavy atom. The third-order valence-corrected chi connectivity index (χ3v) is 6.82. The lowest BCUT2D eigenvalue weighted by Gasteiger charge is -2.30. The second-order valence-corrected chi connectivity index (χ2v) is 8.13. The van der Waals surface area contributed by atoms with Gasteiger partial charge in [0.1, 0.15) is 0 Å². The standard InChI is InChI=1S/C11H12BrN5O2S2/c1-16-11(10(12)14-15-16)21(18,19)17-4-5-20-9-3-2-7(13)6-8(9)17/h2-3,6H,4-5,13H2,1H3. The van der Waals surface area contributed by atoms with Gasteiger partial charge in [-0.25, -0.2) is 4.68 Å². The van der Waals surface area contributed by atoms with Crippen LogP contribution in [-0.2, 0) is 17.1 Å². The summed E-state index contributed by atoms with van der Waals surface area (Å²) in [7, 11) is -2.21. The molecule has 112 valence electrons. The molecule has 0 unspecified atom stereocenters. The molecule has 1 aliphatic rings. The molecule has 0 atom stereocenters. The van der Waals surface area contributed by atoms with Crippen molar-refractivity contribution in [1.82, 2.24) is 15.0 Å². The van der Waals surface area contributed by atoms with Crippen LogP contribution in [0.3, 0.4) is 0 Å². The van der Waals surface area contributed by atoms with E-state index in [-0.39, 0.29) is 9.63 Å². The zero-order valence-electron chi connectivity index (χ0n) is 11.0. The van der Waals surface area contributed by atoms with Crippen LogP contribution in [0.15, 0.2) is 32.7 Å². The van der Waals surface area contributed by atoms with E-state index in [9.17, 15) is 8.42 Å². The number of nitrogens with two attached hydrogens (primary N) is 1. The fraction of sp³-hybridized carbons (Fsp3) is 0.273. The fourth-order valence-electron chi connectivity index (χ4n) is 2.16. The molecule has 10 heteroatoms. The normalized spacial score (nSPS) is 15.0. The van der Waals surface area contributed by atoms with Crippen molar-refractivity contribution in [3.05, 3.63) is 22.8 Å². The minimum Gasteiger partial charge on any atom is -0.399 e. The van der Waals surface area contributed by atoms with Gasteiger partial charge in [0.15, 0.2) is 4.60 Å². The molecule has 0 radical (unpaired) electrons. The zero-order chi connectivity index (χ0) is 15.2. The molecular weight excluding hydrogens is 378 g/mol. The number of rotatable bonds is 2. The lowest BCUT2D eigenvalue weighted by Crippen LogP contribution is -2.36. The number of aromatic nitrogens is 3. The summed E-state index contributed by atoms with van der Waals surface area (Å²) in [5, 5.41) is 7.51. The highest BCUT2D eigenvalue weighted by Crippen LogP contribution is 2.39. The monoisotopic (exact) mass is 389 g/mol. The van der Waals surface area contributed by atoms with Gasteiger partial charge < -0.3 is 5.73 Å². The summed E-state index contributed by atoms with van der Waals surface area (Å²) in [4.78, 5) is 0.894. The Kier molecular flexibility index (Phi) is 3.62. The van der Waals surface area contributed by atoms with Crippen LogP contribution in [0.5, 0.6) is 0 Å². The van der Waals surface area contributed by atoms with E-state index in [1.165, 1.54) is 8.99 Å². The predicted octanol–water partition coefficient (Wildman–Crippen LogP) is 1.46. The average molecular weight is 390 g/mol. The molecule has 0 saturated carbocycles. The van der Waals surface area contributed by atoms with Crippen LogP contribution in [0.25, 0.3) is 0 Å². The first-order chi connectivity index (χ1) is 9.91. The van der Waals surface area contributed by atoms with Crippen molar-refractivity contribution >= 4 is 49.1 Å². The topological polar surface area (TPSA) is 94.1 Å². The van der Waals surface area contributed by atoms with Gasteiger partial charge in [-0.15, -0.1) is 16.9 Å². The van der Waals surface area contributed by atoms with Crippen LogP contribution in [0, 0.1) is 0 Å². The summed E-state index contributed by atoms with van der Waals surface area (Å²) in [5.41, 5.74) is 6.92. The van der Waals surface area contributed by atoms with Crippen molar-refractivity contribution in [1.29, 1.82) is 0 Å². The summed E-state index contributed by atoms with van der Waals surface area (Å²) in [6.45, 7) is 0.376. The lowest BCUT2D eigenvalue weighted by atomic mass is 10.3. The van der Waals surface area contributed by atoms with E-state index < -0.39 is 10.0 Å². The Morgan fingerprint density at radius 1 is 1.43 bits per heavy atom. The number of hydrogen-bond donors (Lipinski definition) is 1. The van der Waals surface area contributed by atoms with E-state index in [0.29, 0.717) is 23.7 Å². The van der Waals surface area contributed by atoms with Crippen molar-refractivity contribution < 1.29 is 8.42 Å². The van der Waals surface area contributed by atoms with Crippen molar-refractivity contribution in [2.24, 2.45) is 7.05 Å². The molecule has 2 N–H and O–H groups in total. The highest BCUT2D eigenvalue weighted by atomic mass is 79.9. The predicted molar refractivity (Wildman–Crippen MR) is 84.8 cm³/mol. The van der Waals surface area contributed by atoms with Crippen LogP contribution in [-0.4, -0.2) is 35.7 Å². The minimum absolute atomic E-state index is 0.0303. The van der Waals surface area contributed by atoms with E-state index in [2.05, 4.69) is 26.2 Å². The lowest BCUT2D eigenvalue weighted by molar-refractivity contribution is 0.569. The second-order valence-electron chi connectivity index (χ2n) is 4.46. The van der Waals surface area contributed by atoms with Crippen LogP contribution in [0.4, 0.5) is 11.4 Å². The first-order valence-corrected chi connectivity index (χ1v) is 9.23. The van der Waals surface area contributed by atoms with Gasteiger partial charge in [0, 0.05) is 29.9 Å². The molecule has 2 aromatic rings. The molecule has 2 heterocycles. The van der Waals surface area contributed by atoms with Crippen molar-refractivity contribution in [3.63, 3.8) is 0 Å². The summed E-state index contributed by atoms with van der Waals surface area (Å²) < 4.78 is 28.6. The molecular formula is C11H12BrN5O2S2. The van der Waals surface area contributed by atoms with Gasteiger partial charge in [0.05, 0.1) is 5.69 Å². The zero-order valence-corrected chi connectivity index (χ0v) is 14.2. The van der Waals surface area contributed by atoms with Gasteiger partial charge in [0.2, 0.25) is 5.03 Å². The highest BCUT2D eigenvalue weighted by Gasteiger charge is 2.34. The number of benzene rings is 1. The second kappa shape index (κ2) is 5.18. The third-order valence-electron chi connectivity index (χ3n) is 3.08. The minimum atomic E-state index is -3.75. The molecule has 7 nitrogen and oxygen atoms in total. The molecule has 1 aliphatic heterocycles. The summed E-state index contributed by atoms with van der Waals surface area (Å²) in [5.74, 6) is 0.680. The summed E-state index contributed by atoms with van der Waals surface area (Å²) in [6, 6.07) is 5.29. The Bertz CT molecular complexity index is 785. The van der Waals surface area contributed by atoms with Crippen LogP contribution < -0.4 is 10.0 Å². The molecule has 0 aliphatic carbocycles. The molecule has 21 heavy (non-hydrogen) atoms. The van der Waals surface area contributed by atoms with Gasteiger partial charge in [0.25, 0.3) is 10.0 Å². The van der Waals surface area contributed by atoms with Gasteiger partial charge in [-0.2, -0.15) is 8.42 Å². The van der Waals surface area contributed by atoms with Gasteiger partial charge in [-0.1, -0.05) is 5.21 Å². The summed E-state index contributed by atoms with van der Waals surface area (Å²) in [6.07, 6.45) is 0. The third kappa shape index (κ3) is 2.40. The maximum atomic E-state index is 12.9. The van der Waals surface area contributed by atoms with E-state index in [0.717, 1.165) is 4.90 Å². The first-order valence-electron chi connectivity index (χ1n) is 6.01. The first kappa shape index (κ1) is 14.7. The van der Waals surface area contributed by atoms with Crippen LogP contribution in [0.1, 0.15) is 0 Å². The Balaban J connectivity index is 2.16. The van der Waals surface area contributed by atoms with Crippen LogP contribution >= 0.6 is 27.7 Å². The number of nitrogens with zero attached hydrogens (tertiary/aromatic N) is 4. The average Bonchev–Trinajstić information content (AvgIpc) is 2.77. The maximum Gasteiger partial charge on any atom is 0.284 e. The Hall–Kier alpha value is -1.26. The van der Waals surface area contributed by atoms with E-state index in [1.807, 2.05) is 6.07 Å². The summed E-state index contributed by atoms with van der Waals surface area (Å²) >= 11 is 4.76. The molecule has 0 amide bonds. The molecule has 3 rings (SSSR count). The molecule has 0 fully saturated rings. The number of sulfonamides is 1. The van der Waals surface area contributed by atoms with Gasteiger partial charge >= 0.3 is 0 Å². The van der Waals surface area contributed by atoms with E-state index in [4.69, 9.17) is 5.73 Å². The molecule has 0 bridgehead atoms. The number of hydrogen-bond acceptors (Lipinski definition) is 6. The van der Waals surface area contributed by atoms with E-state index >= 15 is 0 Å². The molecule has 0 saturated heterocycles. The largest absolute Gasteiger partial charge is 0.399 e. The number of aryl methyl sites for hydroxylation is 1. The van der Waals surface area contributed by atoms with Crippen molar-refractivity contribution in [2.45, 2.75) is 9.92 Å². The fourth-order valence-corrected chi connectivity index (χ4v) is 5.83. The number of halogens is 1. The number of anilines is 2. The number of nitrogen functional groups attached to an aromatic ring is 1. The van der Waals surface area contributed by atoms with E-state index in [1.54, 1.807) is 30.9 Å². The van der Waals surface area contributed by atoms with Crippen molar-refractivity contribution in [3.8, 4) is 0 Å². The maximum absolute atomic E-state index is 12.9. The Labute approximate surface area is 134 Å². The molecule has 1 aromatic heterocycles. The quantitative estimate of drug-likeness (QED) is 0.781. The molecule has 1 aromatic carbocycles. The number of thioether (sulfide) groups is 1. The van der Waals surface area contributed by atoms with Crippen LogP contribution in [0.2, 0.25) is 0 Å². The van der Waals surface area contributed by atoms with Crippen molar-refractivity contribution in [2.75, 3.05) is 22.3 Å². The SMILES string of the molecule is Cn1nnc(Br)c1S(=O)(=O)N1CCSc2ccc(N)cc21.